The Morgan fingerprint density at radius 3 is 2.88 bits per heavy atom. The van der Waals surface area contributed by atoms with Crippen molar-refractivity contribution in [3.8, 4) is 0 Å². The van der Waals surface area contributed by atoms with Gasteiger partial charge in [-0.25, -0.2) is 0 Å². The number of nitrogens with one attached hydrogen (secondary N) is 1. The van der Waals surface area contributed by atoms with Gasteiger partial charge in [-0.1, -0.05) is 11.6 Å². The van der Waals surface area contributed by atoms with Gasteiger partial charge in [0.1, 0.15) is 0 Å². The molecule has 5 heteroatoms. The minimum atomic E-state index is 0.114. The number of rotatable bonds is 4. The zero-order valence-electron chi connectivity index (χ0n) is 10.2. The molecule has 17 heavy (non-hydrogen) atoms. The van der Waals surface area contributed by atoms with Gasteiger partial charge in [0, 0.05) is 11.4 Å². The van der Waals surface area contributed by atoms with E-state index in [4.69, 9.17) is 11.6 Å². The Bertz CT molecular complexity index is 504. The summed E-state index contributed by atoms with van der Waals surface area (Å²) >= 11 is 7.88. The summed E-state index contributed by atoms with van der Waals surface area (Å²) in [7, 11) is 1.95. The lowest BCUT2D eigenvalue weighted by Gasteiger charge is -2.16. The second kappa shape index (κ2) is 5.21. The van der Waals surface area contributed by atoms with Gasteiger partial charge in [-0.2, -0.15) is 5.10 Å². The van der Waals surface area contributed by atoms with E-state index in [1.165, 1.54) is 0 Å². The molecule has 0 saturated heterocycles. The highest BCUT2D eigenvalue weighted by atomic mass is 35.5. The zero-order chi connectivity index (χ0) is 12.4. The first-order valence-corrected chi connectivity index (χ1v) is 6.87. The average Bonchev–Trinajstić information content (AvgIpc) is 2.88. The average molecular weight is 270 g/mol. The van der Waals surface area contributed by atoms with Crippen LogP contribution in [0.4, 0.5) is 0 Å². The molecule has 0 aromatic carbocycles. The molecule has 0 radical (unpaired) electrons. The Kier molecular flexibility index (Phi) is 3.86. The second-order valence-corrected chi connectivity index (χ2v) is 5.24. The summed E-state index contributed by atoms with van der Waals surface area (Å²) in [5.41, 5.74) is 2.20. The molecule has 2 aromatic heterocycles. The van der Waals surface area contributed by atoms with Crippen molar-refractivity contribution in [3.05, 3.63) is 38.8 Å². The van der Waals surface area contributed by atoms with Gasteiger partial charge in [0.2, 0.25) is 0 Å². The molecule has 92 valence electrons. The molecule has 1 unspecified atom stereocenters. The Morgan fingerprint density at radius 2 is 2.35 bits per heavy atom. The maximum Gasteiger partial charge on any atom is 0.0854 e. The fourth-order valence-electron chi connectivity index (χ4n) is 1.98. The Labute approximate surface area is 110 Å². The Morgan fingerprint density at radius 1 is 1.59 bits per heavy atom. The van der Waals surface area contributed by atoms with E-state index in [1.807, 2.05) is 30.1 Å². The van der Waals surface area contributed by atoms with E-state index in [-0.39, 0.29) is 6.04 Å². The predicted octanol–water partition coefficient (Wildman–Crippen LogP) is 3.24. The molecule has 0 aliphatic carbocycles. The molecule has 0 amide bonds. The molecule has 1 atom stereocenters. The van der Waals surface area contributed by atoms with Crippen LogP contribution in [0.2, 0.25) is 5.02 Å². The van der Waals surface area contributed by atoms with Crippen LogP contribution in [-0.4, -0.2) is 16.8 Å². The van der Waals surface area contributed by atoms with E-state index in [2.05, 4.69) is 23.4 Å². The van der Waals surface area contributed by atoms with Crippen molar-refractivity contribution in [2.75, 3.05) is 7.05 Å². The van der Waals surface area contributed by atoms with Crippen LogP contribution in [0.15, 0.2) is 17.5 Å². The third kappa shape index (κ3) is 2.39. The molecular weight excluding hydrogens is 254 g/mol. The highest BCUT2D eigenvalue weighted by molar-refractivity contribution is 7.10. The lowest BCUT2D eigenvalue weighted by molar-refractivity contribution is 0.565. The van der Waals surface area contributed by atoms with Crippen molar-refractivity contribution >= 4 is 22.9 Å². The van der Waals surface area contributed by atoms with Crippen molar-refractivity contribution in [3.63, 3.8) is 0 Å². The van der Waals surface area contributed by atoms with Crippen LogP contribution in [0.3, 0.4) is 0 Å². The molecule has 0 fully saturated rings. The van der Waals surface area contributed by atoms with E-state index in [0.717, 1.165) is 27.8 Å². The number of hydrogen-bond donors (Lipinski definition) is 1. The van der Waals surface area contributed by atoms with E-state index in [0.29, 0.717) is 0 Å². The summed E-state index contributed by atoms with van der Waals surface area (Å²) < 4.78 is 2.02. The van der Waals surface area contributed by atoms with Gasteiger partial charge in [0.05, 0.1) is 22.5 Å². The lowest BCUT2D eigenvalue weighted by Crippen LogP contribution is -2.20. The highest BCUT2D eigenvalue weighted by Crippen LogP contribution is 2.32. The fourth-order valence-corrected chi connectivity index (χ4v) is 3.26. The summed E-state index contributed by atoms with van der Waals surface area (Å²) in [5, 5.41) is 10.6. The van der Waals surface area contributed by atoms with Crippen molar-refractivity contribution in [2.45, 2.75) is 26.4 Å². The summed E-state index contributed by atoms with van der Waals surface area (Å²) in [6.07, 6.45) is 0. The van der Waals surface area contributed by atoms with Crippen molar-refractivity contribution in [2.24, 2.45) is 0 Å². The smallest absolute Gasteiger partial charge is 0.0854 e. The van der Waals surface area contributed by atoms with Crippen molar-refractivity contribution < 1.29 is 0 Å². The first-order chi connectivity index (χ1) is 8.17. The summed E-state index contributed by atoms with van der Waals surface area (Å²) in [4.78, 5) is 1.14. The normalized spacial score (nSPS) is 12.9. The first-order valence-electron chi connectivity index (χ1n) is 5.61. The van der Waals surface area contributed by atoms with Crippen LogP contribution in [0.5, 0.6) is 0 Å². The van der Waals surface area contributed by atoms with E-state index < -0.39 is 0 Å². The predicted molar refractivity (Wildman–Crippen MR) is 72.9 cm³/mol. The number of hydrogen-bond acceptors (Lipinski definition) is 3. The van der Waals surface area contributed by atoms with Crippen LogP contribution < -0.4 is 5.32 Å². The van der Waals surface area contributed by atoms with Crippen LogP contribution in [0, 0.1) is 6.92 Å². The Balaban J connectivity index is 2.45. The number of thiophene rings is 1. The SMILES string of the molecule is CCn1nc(C)cc1C(NC)c1sccc1Cl. The molecule has 2 rings (SSSR count). The van der Waals surface area contributed by atoms with Gasteiger partial charge in [-0.3, -0.25) is 4.68 Å². The third-order valence-corrected chi connectivity index (χ3v) is 4.15. The first kappa shape index (κ1) is 12.6. The second-order valence-electron chi connectivity index (χ2n) is 3.88. The van der Waals surface area contributed by atoms with Crippen molar-refractivity contribution in [1.82, 2.24) is 15.1 Å². The van der Waals surface area contributed by atoms with Crippen LogP contribution in [0.1, 0.15) is 29.2 Å². The summed E-state index contributed by atoms with van der Waals surface area (Å²) in [6, 6.07) is 4.16. The molecule has 0 bridgehead atoms. The topological polar surface area (TPSA) is 29.9 Å². The summed E-state index contributed by atoms with van der Waals surface area (Å²) in [6.45, 7) is 4.97. The quantitative estimate of drug-likeness (QED) is 0.924. The molecule has 2 aromatic rings. The molecule has 3 nitrogen and oxygen atoms in total. The van der Waals surface area contributed by atoms with Crippen molar-refractivity contribution in [1.29, 1.82) is 0 Å². The van der Waals surface area contributed by atoms with E-state index >= 15 is 0 Å². The van der Waals surface area contributed by atoms with E-state index in [1.54, 1.807) is 11.3 Å². The maximum absolute atomic E-state index is 6.21. The van der Waals surface area contributed by atoms with Gasteiger partial charge in [-0.05, 0) is 38.4 Å². The molecule has 0 aliphatic rings. The highest BCUT2D eigenvalue weighted by Gasteiger charge is 2.20. The van der Waals surface area contributed by atoms with Crippen LogP contribution >= 0.6 is 22.9 Å². The minimum absolute atomic E-state index is 0.114. The van der Waals surface area contributed by atoms with E-state index in [9.17, 15) is 0 Å². The van der Waals surface area contributed by atoms with Crippen LogP contribution in [0.25, 0.3) is 0 Å². The third-order valence-electron chi connectivity index (χ3n) is 2.72. The molecule has 1 N–H and O–H groups in total. The van der Waals surface area contributed by atoms with Gasteiger partial charge in [-0.15, -0.1) is 11.3 Å². The van der Waals surface area contributed by atoms with Crippen LogP contribution in [-0.2, 0) is 6.54 Å². The molecule has 2 heterocycles. The van der Waals surface area contributed by atoms with Gasteiger partial charge >= 0.3 is 0 Å². The molecule has 0 saturated carbocycles. The minimum Gasteiger partial charge on any atom is -0.307 e. The number of nitrogens with zero attached hydrogens (tertiary/aromatic N) is 2. The number of aryl methyl sites for hydroxylation is 2. The van der Waals surface area contributed by atoms with Gasteiger partial charge < -0.3 is 5.32 Å². The number of halogens is 1. The number of aromatic nitrogens is 2. The molecule has 0 spiro atoms. The van der Waals surface area contributed by atoms with Gasteiger partial charge in [0.15, 0.2) is 0 Å². The van der Waals surface area contributed by atoms with Gasteiger partial charge in [0.25, 0.3) is 0 Å². The standard InChI is InChI=1S/C12H16ClN3S/c1-4-16-10(7-8(2)15-16)11(14-3)12-9(13)5-6-17-12/h5-7,11,14H,4H2,1-3H3. The fraction of sp³-hybridized carbons (Fsp3) is 0.417. The summed E-state index contributed by atoms with van der Waals surface area (Å²) in [5.74, 6) is 0. The largest absolute Gasteiger partial charge is 0.307 e. The maximum atomic E-state index is 6.21. The molecular formula is C12H16ClN3S. The molecule has 0 aliphatic heterocycles. The lowest BCUT2D eigenvalue weighted by atomic mass is 10.1. The monoisotopic (exact) mass is 269 g/mol. The Hall–Kier alpha value is -0.840. The zero-order valence-corrected chi connectivity index (χ0v) is 11.8.